The van der Waals surface area contributed by atoms with Crippen molar-refractivity contribution < 1.29 is 14.7 Å². The van der Waals surface area contributed by atoms with Crippen molar-refractivity contribution in [2.45, 2.75) is 37.8 Å². The first-order valence-electron chi connectivity index (χ1n) is 9.85. The maximum atomic E-state index is 12.8. The number of rotatable bonds is 8. The van der Waals surface area contributed by atoms with Crippen LogP contribution in [0.25, 0.3) is 11.3 Å². The molecule has 2 aromatic rings. The Morgan fingerprint density at radius 1 is 1.25 bits per heavy atom. The summed E-state index contributed by atoms with van der Waals surface area (Å²) in [5.41, 5.74) is 2.32. The van der Waals surface area contributed by atoms with Crippen molar-refractivity contribution in [2.24, 2.45) is 13.0 Å². The molecule has 2 N–H and O–H groups in total. The van der Waals surface area contributed by atoms with Crippen molar-refractivity contribution in [3.8, 4) is 11.3 Å². The summed E-state index contributed by atoms with van der Waals surface area (Å²) in [6, 6.07) is 10.1. The van der Waals surface area contributed by atoms with Crippen LogP contribution < -0.4 is 5.32 Å². The molecule has 2 saturated carbocycles. The monoisotopic (exact) mass is 382 g/mol. The fraction of sp³-hybridized carbons (Fsp3) is 0.476. The van der Waals surface area contributed by atoms with Gasteiger partial charge in [0, 0.05) is 31.2 Å². The zero-order valence-corrected chi connectivity index (χ0v) is 16.0. The van der Waals surface area contributed by atoms with Crippen molar-refractivity contribution in [1.82, 2.24) is 20.0 Å². The molecule has 0 saturated heterocycles. The van der Waals surface area contributed by atoms with E-state index in [1.165, 1.54) is 12.8 Å². The fourth-order valence-corrected chi connectivity index (χ4v) is 3.96. The maximum absolute atomic E-state index is 12.8. The van der Waals surface area contributed by atoms with E-state index in [4.69, 9.17) is 5.11 Å². The number of carboxylic acid groups (broad SMARTS) is 1. The van der Waals surface area contributed by atoms with E-state index in [2.05, 4.69) is 15.3 Å². The summed E-state index contributed by atoms with van der Waals surface area (Å²) in [7, 11) is 1.83. The highest BCUT2D eigenvalue weighted by molar-refractivity contribution is 6.00. The minimum absolute atomic E-state index is 0.0804. The Morgan fingerprint density at radius 2 is 1.96 bits per heavy atom. The van der Waals surface area contributed by atoms with Crippen LogP contribution in [-0.4, -0.2) is 56.8 Å². The lowest BCUT2D eigenvalue weighted by Crippen LogP contribution is -2.55. The van der Waals surface area contributed by atoms with E-state index < -0.39 is 5.97 Å². The third kappa shape index (κ3) is 4.09. The Hall–Kier alpha value is -2.67. The van der Waals surface area contributed by atoms with Crippen molar-refractivity contribution in [3.63, 3.8) is 0 Å². The number of nitrogens with zero attached hydrogens (tertiary/aromatic N) is 3. The van der Waals surface area contributed by atoms with E-state index in [0.717, 1.165) is 30.6 Å². The van der Waals surface area contributed by atoms with Crippen LogP contribution in [0.1, 0.15) is 36.0 Å². The number of carbonyl (C=O) groups is 2. The van der Waals surface area contributed by atoms with Crippen LogP contribution in [0.3, 0.4) is 0 Å². The summed E-state index contributed by atoms with van der Waals surface area (Å²) in [5.74, 6) is -0.254. The average Bonchev–Trinajstić information content (AvgIpc) is 3.36. The summed E-state index contributed by atoms with van der Waals surface area (Å²) in [6.07, 6.45) is 5.61. The number of aryl methyl sites for hydroxylation is 1. The van der Waals surface area contributed by atoms with Gasteiger partial charge in [-0.15, -0.1) is 0 Å². The van der Waals surface area contributed by atoms with Gasteiger partial charge in [-0.3, -0.25) is 19.2 Å². The maximum Gasteiger partial charge on any atom is 0.317 e. The first-order chi connectivity index (χ1) is 13.5. The Bertz CT molecular complexity index is 854. The molecule has 0 atom stereocenters. The molecule has 7 heteroatoms. The van der Waals surface area contributed by atoms with Gasteiger partial charge in [0.2, 0.25) is 0 Å². The van der Waals surface area contributed by atoms with Crippen LogP contribution in [0.5, 0.6) is 0 Å². The SMILES string of the molecule is Cn1ncc(C(=O)NC2CC(N(CC(=O)O)CC3CC3)C2)c1-c1ccccc1. The summed E-state index contributed by atoms with van der Waals surface area (Å²) < 4.78 is 1.72. The van der Waals surface area contributed by atoms with E-state index in [-0.39, 0.29) is 24.5 Å². The van der Waals surface area contributed by atoms with Gasteiger partial charge in [-0.05, 0) is 31.6 Å². The molecule has 1 amide bonds. The first-order valence-corrected chi connectivity index (χ1v) is 9.85. The van der Waals surface area contributed by atoms with Gasteiger partial charge in [0.05, 0.1) is 24.0 Å². The molecule has 2 aliphatic carbocycles. The molecular formula is C21H26N4O3. The predicted octanol–water partition coefficient (Wildman–Crippen LogP) is 2.14. The molecule has 0 bridgehead atoms. The number of benzene rings is 1. The number of amides is 1. The van der Waals surface area contributed by atoms with Gasteiger partial charge in [-0.25, -0.2) is 0 Å². The lowest BCUT2D eigenvalue weighted by atomic mass is 9.85. The van der Waals surface area contributed by atoms with Gasteiger partial charge in [-0.1, -0.05) is 30.3 Å². The summed E-state index contributed by atoms with van der Waals surface area (Å²) in [6.45, 7) is 0.945. The van der Waals surface area contributed by atoms with Crippen LogP contribution in [0, 0.1) is 5.92 Å². The summed E-state index contributed by atoms with van der Waals surface area (Å²) in [5, 5.41) is 16.5. The summed E-state index contributed by atoms with van der Waals surface area (Å²) >= 11 is 0. The molecule has 0 radical (unpaired) electrons. The van der Waals surface area contributed by atoms with Crippen LogP contribution in [-0.2, 0) is 11.8 Å². The van der Waals surface area contributed by atoms with Gasteiger partial charge in [0.1, 0.15) is 0 Å². The first kappa shape index (κ1) is 18.7. The molecule has 2 aliphatic rings. The molecule has 148 valence electrons. The minimum Gasteiger partial charge on any atom is -0.480 e. The number of carboxylic acids is 1. The second-order valence-corrected chi connectivity index (χ2v) is 7.96. The molecule has 0 aliphatic heterocycles. The molecule has 28 heavy (non-hydrogen) atoms. The van der Waals surface area contributed by atoms with Gasteiger partial charge < -0.3 is 10.4 Å². The van der Waals surface area contributed by atoms with Gasteiger partial charge in [-0.2, -0.15) is 5.10 Å². The van der Waals surface area contributed by atoms with E-state index in [0.29, 0.717) is 11.5 Å². The largest absolute Gasteiger partial charge is 0.480 e. The third-order valence-corrected chi connectivity index (χ3v) is 5.72. The Balaban J connectivity index is 1.37. The number of carbonyl (C=O) groups excluding carboxylic acids is 1. The van der Waals surface area contributed by atoms with Crippen molar-refractivity contribution >= 4 is 11.9 Å². The Morgan fingerprint density at radius 3 is 2.61 bits per heavy atom. The van der Waals surface area contributed by atoms with E-state index >= 15 is 0 Å². The standard InChI is InChI=1S/C21H26N4O3/c1-24-20(15-5-3-2-4-6-15)18(11-22-24)21(28)23-16-9-17(10-16)25(13-19(26)27)12-14-7-8-14/h2-6,11,14,16-17H,7-10,12-13H2,1H3,(H,23,28)(H,26,27). The molecule has 2 fully saturated rings. The molecule has 4 rings (SSSR count). The smallest absolute Gasteiger partial charge is 0.317 e. The van der Waals surface area contributed by atoms with Gasteiger partial charge in [0.25, 0.3) is 5.91 Å². The van der Waals surface area contributed by atoms with Crippen LogP contribution in [0.4, 0.5) is 0 Å². The van der Waals surface area contributed by atoms with E-state index in [1.807, 2.05) is 37.4 Å². The highest BCUT2D eigenvalue weighted by atomic mass is 16.4. The molecule has 7 nitrogen and oxygen atoms in total. The lowest BCUT2D eigenvalue weighted by molar-refractivity contribution is -0.139. The normalized spacial score (nSPS) is 21.4. The molecule has 1 heterocycles. The number of nitrogens with one attached hydrogen (secondary N) is 1. The Labute approximate surface area is 164 Å². The predicted molar refractivity (Wildman–Crippen MR) is 105 cm³/mol. The quantitative estimate of drug-likeness (QED) is 0.730. The number of hydrogen-bond donors (Lipinski definition) is 2. The van der Waals surface area contributed by atoms with E-state index in [9.17, 15) is 9.59 Å². The number of hydrogen-bond acceptors (Lipinski definition) is 4. The highest BCUT2D eigenvalue weighted by Gasteiger charge is 2.38. The fourth-order valence-electron chi connectivity index (χ4n) is 3.96. The topological polar surface area (TPSA) is 87.5 Å². The molecule has 0 unspecified atom stereocenters. The lowest BCUT2D eigenvalue weighted by Gasteiger charge is -2.42. The zero-order valence-electron chi connectivity index (χ0n) is 16.0. The Kier molecular flexibility index (Phi) is 5.17. The summed E-state index contributed by atoms with van der Waals surface area (Å²) in [4.78, 5) is 26.1. The van der Waals surface area contributed by atoms with Crippen LogP contribution in [0.2, 0.25) is 0 Å². The number of aromatic nitrogens is 2. The highest BCUT2D eigenvalue weighted by Crippen LogP contribution is 2.34. The molecule has 0 spiro atoms. The van der Waals surface area contributed by atoms with Gasteiger partial charge >= 0.3 is 5.97 Å². The van der Waals surface area contributed by atoms with E-state index in [1.54, 1.807) is 10.9 Å². The number of aliphatic carboxylic acids is 1. The minimum atomic E-state index is -0.781. The zero-order chi connectivity index (χ0) is 19.7. The van der Waals surface area contributed by atoms with Gasteiger partial charge in [0.15, 0.2) is 0 Å². The van der Waals surface area contributed by atoms with Crippen LogP contribution in [0.15, 0.2) is 36.5 Å². The van der Waals surface area contributed by atoms with Crippen molar-refractivity contribution in [2.75, 3.05) is 13.1 Å². The second kappa shape index (κ2) is 7.75. The molecule has 1 aromatic heterocycles. The molecular weight excluding hydrogens is 356 g/mol. The second-order valence-electron chi connectivity index (χ2n) is 7.96. The van der Waals surface area contributed by atoms with Crippen LogP contribution >= 0.6 is 0 Å². The molecule has 1 aromatic carbocycles. The van der Waals surface area contributed by atoms with Crippen molar-refractivity contribution in [1.29, 1.82) is 0 Å². The third-order valence-electron chi connectivity index (χ3n) is 5.72. The van der Waals surface area contributed by atoms with Crippen molar-refractivity contribution in [3.05, 3.63) is 42.1 Å². The average molecular weight is 382 g/mol.